The number of halogens is 1. The van der Waals surface area contributed by atoms with E-state index in [0.717, 1.165) is 22.6 Å². The van der Waals surface area contributed by atoms with Crippen LogP contribution in [-0.4, -0.2) is 39.5 Å². The van der Waals surface area contributed by atoms with E-state index in [1.165, 1.54) is 30.2 Å². The van der Waals surface area contributed by atoms with Crippen LogP contribution in [0.5, 0.6) is 5.75 Å². The number of benzene rings is 1. The summed E-state index contributed by atoms with van der Waals surface area (Å²) in [5, 5.41) is 13.0. The van der Waals surface area contributed by atoms with Crippen molar-refractivity contribution in [3.05, 3.63) is 51.1 Å². The molecule has 2 heterocycles. The van der Waals surface area contributed by atoms with Gasteiger partial charge in [-0.25, -0.2) is 4.79 Å². The Morgan fingerprint density at radius 3 is 2.70 bits per heavy atom. The highest BCUT2D eigenvalue weighted by molar-refractivity contribution is 7.99. The van der Waals surface area contributed by atoms with Crippen molar-refractivity contribution in [2.75, 3.05) is 18.2 Å². The number of methoxy groups -OCH3 is 1. The third-order valence-electron chi connectivity index (χ3n) is 4.73. The molecule has 11 heteroatoms. The molecule has 8 nitrogen and oxygen atoms in total. The normalized spacial score (nSPS) is 10.8. The topological polar surface area (TPSA) is 95.3 Å². The van der Waals surface area contributed by atoms with Crippen LogP contribution in [0.25, 0.3) is 0 Å². The molecule has 0 aliphatic heterocycles. The first kappa shape index (κ1) is 25.1. The number of amides is 1. The molecule has 0 bridgehead atoms. The van der Waals surface area contributed by atoms with Gasteiger partial charge in [0.1, 0.15) is 17.4 Å². The molecule has 176 valence electrons. The van der Waals surface area contributed by atoms with Crippen LogP contribution in [0, 0.1) is 6.92 Å². The maximum absolute atomic E-state index is 12.6. The minimum absolute atomic E-state index is 0.120. The average molecular weight is 509 g/mol. The number of hydrogen-bond donors (Lipinski definition) is 1. The molecule has 0 saturated carbocycles. The number of hydrogen-bond acceptors (Lipinski definition) is 8. The zero-order valence-electron chi connectivity index (χ0n) is 18.8. The number of nitrogens with zero attached hydrogens (tertiary/aromatic N) is 3. The van der Waals surface area contributed by atoms with Gasteiger partial charge in [-0.1, -0.05) is 30.3 Å². The molecule has 3 rings (SSSR count). The van der Waals surface area contributed by atoms with Crippen molar-refractivity contribution in [1.82, 2.24) is 14.8 Å². The molecule has 3 aromatic rings. The smallest absolute Gasteiger partial charge is 0.340 e. The average Bonchev–Trinajstić information content (AvgIpc) is 3.39. The quantitative estimate of drug-likeness (QED) is 0.305. The Kier molecular flexibility index (Phi) is 8.76. The zero-order chi connectivity index (χ0) is 24.0. The number of thiophene rings is 1. The van der Waals surface area contributed by atoms with E-state index < -0.39 is 5.97 Å². The van der Waals surface area contributed by atoms with Crippen LogP contribution in [0.15, 0.2) is 29.4 Å². The lowest BCUT2D eigenvalue weighted by atomic mass is 10.2. The van der Waals surface area contributed by atoms with Crippen molar-refractivity contribution in [1.29, 1.82) is 0 Å². The molecule has 0 atom stereocenters. The van der Waals surface area contributed by atoms with Gasteiger partial charge in [0.05, 0.1) is 18.4 Å². The van der Waals surface area contributed by atoms with Crippen LogP contribution >= 0.6 is 34.7 Å². The van der Waals surface area contributed by atoms with Gasteiger partial charge in [-0.05, 0) is 50.1 Å². The van der Waals surface area contributed by atoms with Crippen LogP contribution in [-0.2, 0) is 29.1 Å². The lowest BCUT2D eigenvalue weighted by Gasteiger charge is -2.11. The molecule has 0 saturated heterocycles. The predicted molar refractivity (Wildman–Crippen MR) is 131 cm³/mol. The second-order valence-corrected chi connectivity index (χ2v) is 9.49. The van der Waals surface area contributed by atoms with E-state index in [2.05, 4.69) is 15.5 Å². The summed E-state index contributed by atoms with van der Waals surface area (Å²) < 4.78 is 12.6. The number of nitrogens with one attached hydrogen (secondary N) is 1. The largest absolute Gasteiger partial charge is 0.485 e. The number of thioether (sulfide) groups is 1. The van der Waals surface area contributed by atoms with E-state index in [1.807, 2.05) is 37.5 Å². The summed E-state index contributed by atoms with van der Waals surface area (Å²) in [7, 11) is 1.32. The van der Waals surface area contributed by atoms with Gasteiger partial charge in [0.25, 0.3) is 0 Å². The first-order chi connectivity index (χ1) is 15.9. The Morgan fingerprint density at radius 1 is 1.24 bits per heavy atom. The molecule has 1 amide bonds. The highest BCUT2D eigenvalue weighted by atomic mass is 35.5. The number of esters is 1. The van der Waals surface area contributed by atoms with Gasteiger partial charge in [-0.2, -0.15) is 0 Å². The summed E-state index contributed by atoms with van der Waals surface area (Å²) >= 11 is 8.64. The third kappa shape index (κ3) is 6.27. The van der Waals surface area contributed by atoms with Crippen LogP contribution in [0.4, 0.5) is 5.00 Å². The van der Waals surface area contributed by atoms with E-state index in [0.29, 0.717) is 33.1 Å². The second kappa shape index (κ2) is 11.5. The molecule has 0 fully saturated rings. The van der Waals surface area contributed by atoms with Crippen LogP contribution < -0.4 is 10.1 Å². The minimum Gasteiger partial charge on any atom is -0.485 e. The molecular formula is C22H25ClN4O4S2. The van der Waals surface area contributed by atoms with Crippen LogP contribution in [0.3, 0.4) is 0 Å². The van der Waals surface area contributed by atoms with Crippen molar-refractivity contribution < 1.29 is 19.1 Å². The van der Waals surface area contributed by atoms with Gasteiger partial charge >= 0.3 is 5.97 Å². The Labute approximate surface area is 205 Å². The van der Waals surface area contributed by atoms with E-state index in [-0.39, 0.29) is 18.3 Å². The van der Waals surface area contributed by atoms with Gasteiger partial charge < -0.3 is 19.4 Å². The number of rotatable bonds is 10. The lowest BCUT2D eigenvalue weighted by Crippen LogP contribution is -2.16. The summed E-state index contributed by atoms with van der Waals surface area (Å²) in [6, 6.07) is 7.18. The van der Waals surface area contributed by atoms with Crippen molar-refractivity contribution in [3.63, 3.8) is 0 Å². The molecule has 0 radical (unpaired) electrons. The number of carbonyl (C=O) groups excluding carboxylic acids is 2. The lowest BCUT2D eigenvalue weighted by molar-refractivity contribution is -0.113. The van der Waals surface area contributed by atoms with Crippen LogP contribution in [0.1, 0.15) is 40.5 Å². The maximum Gasteiger partial charge on any atom is 0.340 e. The van der Waals surface area contributed by atoms with Gasteiger partial charge in [0.2, 0.25) is 5.91 Å². The highest BCUT2D eigenvalue weighted by Crippen LogP contribution is 2.30. The number of aromatic nitrogens is 3. The molecule has 1 N–H and O–H groups in total. The van der Waals surface area contributed by atoms with E-state index in [1.54, 1.807) is 12.1 Å². The van der Waals surface area contributed by atoms with Gasteiger partial charge in [-0.3, -0.25) is 4.79 Å². The van der Waals surface area contributed by atoms with Crippen molar-refractivity contribution in [2.24, 2.45) is 0 Å². The molecule has 0 spiro atoms. The Balaban J connectivity index is 1.62. The first-order valence-electron chi connectivity index (χ1n) is 10.3. The third-order valence-corrected chi connectivity index (χ3v) is 7.12. The minimum atomic E-state index is -0.472. The summed E-state index contributed by atoms with van der Waals surface area (Å²) in [6.07, 6.45) is 0.763. The summed E-state index contributed by atoms with van der Waals surface area (Å²) in [5.41, 5.74) is 1.30. The first-order valence-corrected chi connectivity index (χ1v) is 12.5. The summed E-state index contributed by atoms with van der Waals surface area (Å²) in [5.74, 6) is 0.793. The zero-order valence-corrected chi connectivity index (χ0v) is 21.2. The fourth-order valence-corrected chi connectivity index (χ4v) is 5.08. The van der Waals surface area contributed by atoms with Gasteiger partial charge in [0, 0.05) is 16.4 Å². The molecule has 0 aliphatic rings. The Hall–Kier alpha value is -2.56. The summed E-state index contributed by atoms with van der Waals surface area (Å²) in [6.45, 7) is 6.76. The van der Waals surface area contributed by atoms with E-state index in [4.69, 9.17) is 21.1 Å². The molecular weight excluding hydrogens is 484 g/mol. The molecule has 0 aliphatic carbocycles. The standard InChI is InChI=1S/C22H25ClN4O4S2/c1-5-15-10-16(21(29)30-4)20(33-15)24-19(28)12-32-22-26-25-18(27(22)6-2)11-31-17-8-7-14(23)9-13(17)3/h7-10H,5-6,11-12H2,1-4H3,(H,24,28). The van der Waals surface area contributed by atoms with Gasteiger partial charge in [-0.15, -0.1) is 21.5 Å². The fraction of sp³-hybridized carbons (Fsp3) is 0.364. The van der Waals surface area contributed by atoms with E-state index >= 15 is 0 Å². The van der Waals surface area contributed by atoms with Crippen molar-refractivity contribution >= 4 is 51.6 Å². The maximum atomic E-state index is 12.6. The Morgan fingerprint density at radius 2 is 2.03 bits per heavy atom. The van der Waals surface area contributed by atoms with Gasteiger partial charge in [0.15, 0.2) is 11.0 Å². The van der Waals surface area contributed by atoms with Crippen LogP contribution in [0.2, 0.25) is 5.02 Å². The number of carbonyl (C=O) groups is 2. The SMILES string of the molecule is CCc1cc(C(=O)OC)c(NC(=O)CSc2nnc(COc3ccc(Cl)cc3C)n2CC)s1. The van der Waals surface area contributed by atoms with Crippen molar-refractivity contribution in [3.8, 4) is 5.75 Å². The molecule has 33 heavy (non-hydrogen) atoms. The van der Waals surface area contributed by atoms with Crippen molar-refractivity contribution in [2.45, 2.75) is 45.5 Å². The number of anilines is 1. The molecule has 0 unspecified atom stereocenters. The predicted octanol–water partition coefficient (Wildman–Crippen LogP) is 4.98. The number of ether oxygens (including phenoxy) is 2. The monoisotopic (exact) mass is 508 g/mol. The highest BCUT2D eigenvalue weighted by Gasteiger charge is 2.19. The summed E-state index contributed by atoms with van der Waals surface area (Å²) in [4.78, 5) is 25.5. The molecule has 2 aromatic heterocycles. The molecule has 1 aromatic carbocycles. The second-order valence-electron chi connectivity index (χ2n) is 6.98. The number of aryl methyl sites for hydroxylation is 2. The van der Waals surface area contributed by atoms with E-state index in [9.17, 15) is 9.59 Å². The Bertz CT molecular complexity index is 1150. The fourth-order valence-electron chi connectivity index (χ4n) is 3.03.